The van der Waals surface area contributed by atoms with Gasteiger partial charge in [0.15, 0.2) is 0 Å². The van der Waals surface area contributed by atoms with Crippen LogP contribution in [0.1, 0.15) is 48.9 Å². The van der Waals surface area contributed by atoms with E-state index in [2.05, 4.69) is 20.6 Å². The predicted molar refractivity (Wildman–Crippen MR) is 136 cm³/mol. The van der Waals surface area contributed by atoms with Crippen LogP contribution in [0.3, 0.4) is 0 Å². The van der Waals surface area contributed by atoms with Gasteiger partial charge in [-0.1, -0.05) is 12.1 Å². The number of anilines is 1. The van der Waals surface area contributed by atoms with Crippen LogP contribution < -0.4 is 10.6 Å². The highest BCUT2D eigenvalue weighted by atomic mass is 32.2. The number of nitrogens with one attached hydrogen (secondary N) is 2. The number of carbonyl (C=O) groups is 2. The zero-order chi connectivity index (χ0) is 23.8. The SMILES string of the molecule is O=C(CSc1ccccc1C(=O)Nc1ccc(-n2ccnc2)nc1)NC12CC3CC(CC(C3)C1)C2. The van der Waals surface area contributed by atoms with Gasteiger partial charge >= 0.3 is 0 Å². The van der Waals surface area contributed by atoms with Gasteiger partial charge in [-0.25, -0.2) is 9.97 Å². The molecule has 180 valence electrons. The minimum Gasteiger partial charge on any atom is -0.350 e. The average Bonchev–Trinajstić information content (AvgIpc) is 3.37. The Bertz CT molecular complexity index is 1190. The third kappa shape index (κ3) is 4.72. The average molecular weight is 488 g/mol. The van der Waals surface area contributed by atoms with Crippen molar-refractivity contribution >= 4 is 29.3 Å². The standard InChI is InChI=1S/C27H29N5O2S/c33-25(31-27-12-18-9-19(13-27)11-20(10-18)14-27)16-35-23-4-2-1-3-22(23)26(34)30-21-5-6-24(29-15-21)32-8-7-28-17-32/h1-8,15,17-20H,9-14,16H2,(H,30,34)(H,31,33). The molecule has 0 spiro atoms. The zero-order valence-electron chi connectivity index (χ0n) is 19.5. The highest BCUT2D eigenvalue weighted by Gasteiger charge is 2.51. The van der Waals surface area contributed by atoms with E-state index in [4.69, 9.17) is 0 Å². The molecule has 4 aliphatic carbocycles. The van der Waals surface area contributed by atoms with Crippen molar-refractivity contribution in [1.29, 1.82) is 0 Å². The molecule has 4 fully saturated rings. The summed E-state index contributed by atoms with van der Waals surface area (Å²) < 4.78 is 1.80. The Labute approximate surface area is 209 Å². The summed E-state index contributed by atoms with van der Waals surface area (Å²) >= 11 is 1.42. The Hall–Kier alpha value is -3.13. The van der Waals surface area contributed by atoms with E-state index in [1.54, 1.807) is 29.4 Å². The quantitative estimate of drug-likeness (QED) is 0.472. The van der Waals surface area contributed by atoms with Gasteiger partial charge in [-0.05, 0) is 80.5 Å². The van der Waals surface area contributed by atoms with Gasteiger partial charge in [-0.15, -0.1) is 11.8 Å². The number of hydrogen-bond acceptors (Lipinski definition) is 5. The van der Waals surface area contributed by atoms with Crippen molar-refractivity contribution in [2.75, 3.05) is 11.1 Å². The molecule has 2 amide bonds. The fourth-order valence-electron chi connectivity index (χ4n) is 6.72. The van der Waals surface area contributed by atoms with Crippen molar-refractivity contribution in [3.8, 4) is 5.82 Å². The van der Waals surface area contributed by atoms with Crippen molar-refractivity contribution in [3.63, 3.8) is 0 Å². The lowest BCUT2D eigenvalue weighted by atomic mass is 9.53. The van der Waals surface area contributed by atoms with E-state index in [0.29, 0.717) is 17.0 Å². The van der Waals surface area contributed by atoms with Crippen molar-refractivity contribution in [1.82, 2.24) is 19.9 Å². The number of benzene rings is 1. The van der Waals surface area contributed by atoms with Gasteiger partial charge in [0.05, 0.1) is 23.2 Å². The first-order valence-electron chi connectivity index (χ1n) is 12.3. The van der Waals surface area contributed by atoms with Crippen LogP contribution in [0.5, 0.6) is 0 Å². The molecule has 2 heterocycles. The third-order valence-corrected chi connectivity index (χ3v) is 8.78. The van der Waals surface area contributed by atoms with Crippen LogP contribution in [0.2, 0.25) is 0 Å². The van der Waals surface area contributed by atoms with E-state index in [1.165, 1.54) is 31.0 Å². The molecule has 0 unspecified atom stereocenters. The van der Waals surface area contributed by atoms with Crippen LogP contribution in [0.25, 0.3) is 5.82 Å². The third-order valence-electron chi connectivity index (χ3n) is 7.71. The molecule has 35 heavy (non-hydrogen) atoms. The van der Waals surface area contributed by atoms with Crippen LogP contribution >= 0.6 is 11.8 Å². The Balaban J connectivity index is 1.08. The summed E-state index contributed by atoms with van der Waals surface area (Å²) in [6.45, 7) is 0. The number of amides is 2. The molecule has 4 saturated carbocycles. The highest BCUT2D eigenvalue weighted by molar-refractivity contribution is 8.00. The number of aromatic nitrogens is 3. The molecule has 7 rings (SSSR count). The first-order valence-corrected chi connectivity index (χ1v) is 13.3. The lowest BCUT2D eigenvalue weighted by Gasteiger charge is -2.56. The van der Waals surface area contributed by atoms with Gasteiger partial charge in [0, 0.05) is 22.8 Å². The predicted octanol–water partition coefficient (Wildman–Crippen LogP) is 4.70. The maximum Gasteiger partial charge on any atom is 0.256 e. The molecule has 0 aliphatic heterocycles. The number of thioether (sulfide) groups is 1. The molecule has 0 radical (unpaired) electrons. The Morgan fingerprint density at radius 1 is 1.03 bits per heavy atom. The summed E-state index contributed by atoms with van der Waals surface area (Å²) in [5.74, 6) is 3.28. The summed E-state index contributed by atoms with van der Waals surface area (Å²) in [5, 5.41) is 6.35. The van der Waals surface area contributed by atoms with Crippen molar-refractivity contribution in [2.24, 2.45) is 17.8 Å². The van der Waals surface area contributed by atoms with E-state index in [0.717, 1.165) is 47.7 Å². The molecule has 2 aromatic heterocycles. The lowest BCUT2D eigenvalue weighted by molar-refractivity contribution is -0.124. The Morgan fingerprint density at radius 3 is 2.43 bits per heavy atom. The molecule has 0 atom stereocenters. The first kappa shape index (κ1) is 22.3. The molecular formula is C27H29N5O2S. The molecule has 8 heteroatoms. The summed E-state index contributed by atoms with van der Waals surface area (Å²) in [6, 6.07) is 11.1. The lowest BCUT2D eigenvalue weighted by Crippen LogP contribution is -2.60. The molecule has 0 saturated heterocycles. The fourth-order valence-corrected chi connectivity index (χ4v) is 7.57. The minimum absolute atomic E-state index is 0.0131. The monoisotopic (exact) mass is 487 g/mol. The van der Waals surface area contributed by atoms with Gasteiger partial charge < -0.3 is 10.6 Å². The van der Waals surface area contributed by atoms with Crippen molar-refractivity contribution in [3.05, 3.63) is 66.9 Å². The molecule has 4 aliphatic rings. The molecule has 3 aromatic rings. The normalized spacial score (nSPS) is 26.5. The fraction of sp³-hybridized carbons (Fsp3) is 0.407. The van der Waals surface area contributed by atoms with Crippen molar-refractivity contribution < 1.29 is 9.59 Å². The second-order valence-corrected chi connectivity index (χ2v) is 11.4. The summed E-state index contributed by atoms with van der Waals surface area (Å²) in [5.41, 5.74) is 1.18. The van der Waals surface area contributed by atoms with Gasteiger partial charge in [0.2, 0.25) is 5.91 Å². The van der Waals surface area contributed by atoms with Gasteiger partial charge in [0.1, 0.15) is 12.1 Å². The smallest absolute Gasteiger partial charge is 0.256 e. The van der Waals surface area contributed by atoms with Crippen LogP contribution in [-0.2, 0) is 4.79 Å². The largest absolute Gasteiger partial charge is 0.350 e. The summed E-state index contributed by atoms with van der Waals surface area (Å²) in [7, 11) is 0. The molecule has 4 bridgehead atoms. The molecular weight excluding hydrogens is 458 g/mol. The van der Waals surface area contributed by atoms with E-state index >= 15 is 0 Å². The summed E-state index contributed by atoms with van der Waals surface area (Å²) in [6.07, 6.45) is 14.3. The maximum absolute atomic E-state index is 13.0. The van der Waals surface area contributed by atoms with Crippen LogP contribution in [0.4, 0.5) is 5.69 Å². The second kappa shape index (κ2) is 9.15. The number of rotatable bonds is 7. The van der Waals surface area contributed by atoms with Gasteiger partial charge in [-0.2, -0.15) is 0 Å². The van der Waals surface area contributed by atoms with E-state index in [1.807, 2.05) is 36.5 Å². The number of pyridine rings is 1. The van der Waals surface area contributed by atoms with E-state index < -0.39 is 0 Å². The topological polar surface area (TPSA) is 88.9 Å². The van der Waals surface area contributed by atoms with Gasteiger partial charge in [0.25, 0.3) is 5.91 Å². The maximum atomic E-state index is 13.0. The van der Waals surface area contributed by atoms with Gasteiger partial charge in [-0.3, -0.25) is 14.2 Å². The van der Waals surface area contributed by atoms with Crippen LogP contribution in [0, 0.1) is 17.8 Å². The summed E-state index contributed by atoms with van der Waals surface area (Å²) in [4.78, 5) is 35.2. The highest BCUT2D eigenvalue weighted by Crippen LogP contribution is 2.55. The van der Waals surface area contributed by atoms with Crippen molar-refractivity contribution in [2.45, 2.75) is 49.0 Å². The number of imidazole rings is 1. The van der Waals surface area contributed by atoms with E-state index in [-0.39, 0.29) is 17.4 Å². The molecule has 1 aromatic carbocycles. The number of carbonyl (C=O) groups excluding carboxylic acids is 2. The Morgan fingerprint density at radius 2 is 1.77 bits per heavy atom. The van der Waals surface area contributed by atoms with Crippen LogP contribution in [0.15, 0.2) is 66.2 Å². The van der Waals surface area contributed by atoms with E-state index in [9.17, 15) is 9.59 Å². The number of hydrogen-bond donors (Lipinski definition) is 2. The zero-order valence-corrected chi connectivity index (χ0v) is 20.3. The second-order valence-electron chi connectivity index (χ2n) is 10.4. The number of nitrogens with zero attached hydrogens (tertiary/aromatic N) is 3. The Kier molecular flexibility index (Phi) is 5.84. The minimum atomic E-state index is -0.216. The molecule has 2 N–H and O–H groups in total. The first-order chi connectivity index (χ1) is 17.1. The van der Waals surface area contributed by atoms with Crippen LogP contribution in [-0.4, -0.2) is 37.6 Å². The molecule has 7 nitrogen and oxygen atoms in total.